The van der Waals surface area contributed by atoms with Crippen LogP contribution >= 0.6 is 24.0 Å². The molecule has 0 amide bonds. The maximum Gasteiger partial charge on any atom is 0.191 e. The Morgan fingerprint density at radius 3 is 2.77 bits per heavy atom. The highest BCUT2D eigenvalue weighted by molar-refractivity contribution is 14.0. The zero-order chi connectivity index (χ0) is 17.7. The Balaban J connectivity index is 0.00000338. The second-order valence-electron chi connectivity index (χ2n) is 6.95. The minimum Gasteiger partial charge on any atom is -0.378 e. The van der Waals surface area contributed by atoms with Crippen LogP contribution in [0.15, 0.2) is 16.6 Å². The Hall–Kier alpha value is -0.340. The number of hydrogen-bond donors (Lipinski definition) is 2. The molecule has 1 aliphatic heterocycles. The van der Waals surface area contributed by atoms with Crippen LogP contribution < -0.4 is 10.6 Å². The molecule has 1 unspecified atom stereocenters. The monoisotopic (exact) mass is 479 g/mol. The molecule has 152 valence electrons. The molecule has 0 bridgehead atoms. The van der Waals surface area contributed by atoms with E-state index >= 15 is 0 Å². The number of nitrogens with one attached hydrogen (secondary N) is 2. The summed E-state index contributed by atoms with van der Waals surface area (Å²) in [6.07, 6.45) is 11.1. The van der Waals surface area contributed by atoms with Gasteiger partial charge in [0.05, 0.1) is 19.3 Å². The molecule has 0 aromatic heterocycles. The predicted octanol–water partition coefficient (Wildman–Crippen LogP) is 3.88. The first kappa shape index (κ1) is 23.7. The van der Waals surface area contributed by atoms with Crippen LogP contribution in [0.1, 0.15) is 58.8 Å². The Kier molecular flexibility index (Phi) is 13.4. The van der Waals surface area contributed by atoms with Gasteiger partial charge in [-0.3, -0.25) is 4.99 Å². The summed E-state index contributed by atoms with van der Waals surface area (Å²) < 4.78 is 11.4. The van der Waals surface area contributed by atoms with Crippen molar-refractivity contribution >= 4 is 29.9 Å². The molecule has 26 heavy (non-hydrogen) atoms. The number of ether oxygens (including phenoxy) is 2. The predicted molar refractivity (Wildman–Crippen MR) is 120 cm³/mol. The fourth-order valence-corrected chi connectivity index (χ4v) is 3.78. The van der Waals surface area contributed by atoms with E-state index in [4.69, 9.17) is 14.5 Å². The first-order valence-corrected chi connectivity index (χ1v) is 10.2. The van der Waals surface area contributed by atoms with Crippen molar-refractivity contribution in [2.24, 2.45) is 10.9 Å². The fourth-order valence-electron chi connectivity index (χ4n) is 3.78. The molecular formula is C20H38IN3O2. The van der Waals surface area contributed by atoms with Crippen molar-refractivity contribution in [2.75, 3.05) is 39.5 Å². The fraction of sp³-hybridized carbons (Fsp3) is 0.850. The quantitative estimate of drug-likeness (QED) is 0.216. The van der Waals surface area contributed by atoms with E-state index in [1.807, 2.05) is 0 Å². The molecule has 2 rings (SSSR count). The SMILES string of the molecule is CCNC(=NCCC(OCC)C1CCCC1)NCCC1=CCOCC1.I. The third-order valence-electron chi connectivity index (χ3n) is 5.13. The largest absolute Gasteiger partial charge is 0.378 e. The molecule has 5 nitrogen and oxygen atoms in total. The van der Waals surface area contributed by atoms with E-state index in [-0.39, 0.29) is 24.0 Å². The highest BCUT2D eigenvalue weighted by Crippen LogP contribution is 2.30. The van der Waals surface area contributed by atoms with Crippen molar-refractivity contribution in [1.82, 2.24) is 10.6 Å². The van der Waals surface area contributed by atoms with Gasteiger partial charge in [-0.1, -0.05) is 24.5 Å². The Bertz CT molecular complexity index is 423. The van der Waals surface area contributed by atoms with E-state index in [1.54, 1.807) is 0 Å². The van der Waals surface area contributed by atoms with Gasteiger partial charge in [0.25, 0.3) is 0 Å². The van der Waals surface area contributed by atoms with Crippen molar-refractivity contribution in [3.05, 3.63) is 11.6 Å². The molecule has 1 heterocycles. The van der Waals surface area contributed by atoms with Gasteiger partial charge in [-0.2, -0.15) is 0 Å². The zero-order valence-corrected chi connectivity index (χ0v) is 18.9. The van der Waals surface area contributed by atoms with Gasteiger partial charge in [0, 0.05) is 26.2 Å². The van der Waals surface area contributed by atoms with Gasteiger partial charge in [0.15, 0.2) is 5.96 Å². The Labute approximate surface area is 176 Å². The van der Waals surface area contributed by atoms with Crippen molar-refractivity contribution in [1.29, 1.82) is 0 Å². The number of nitrogens with zero attached hydrogens (tertiary/aromatic N) is 1. The smallest absolute Gasteiger partial charge is 0.191 e. The van der Waals surface area contributed by atoms with Crippen LogP contribution in [-0.2, 0) is 9.47 Å². The summed E-state index contributed by atoms with van der Waals surface area (Å²) in [7, 11) is 0. The van der Waals surface area contributed by atoms with Gasteiger partial charge in [0.1, 0.15) is 0 Å². The molecule has 0 aromatic carbocycles. The van der Waals surface area contributed by atoms with E-state index < -0.39 is 0 Å². The Morgan fingerprint density at radius 2 is 2.12 bits per heavy atom. The topological polar surface area (TPSA) is 54.9 Å². The molecule has 2 aliphatic rings. The maximum absolute atomic E-state index is 6.00. The zero-order valence-electron chi connectivity index (χ0n) is 16.6. The van der Waals surface area contributed by atoms with Gasteiger partial charge in [-0.25, -0.2) is 0 Å². The lowest BCUT2D eigenvalue weighted by atomic mass is 9.98. The van der Waals surface area contributed by atoms with Crippen LogP contribution in [0.5, 0.6) is 0 Å². The van der Waals surface area contributed by atoms with Crippen LogP contribution in [0.25, 0.3) is 0 Å². The molecule has 2 N–H and O–H groups in total. The van der Waals surface area contributed by atoms with Gasteiger partial charge in [-0.15, -0.1) is 24.0 Å². The lowest BCUT2D eigenvalue weighted by Gasteiger charge is -2.22. The summed E-state index contributed by atoms with van der Waals surface area (Å²) in [5.41, 5.74) is 1.49. The number of rotatable bonds is 10. The number of hydrogen-bond acceptors (Lipinski definition) is 3. The highest BCUT2D eigenvalue weighted by atomic mass is 127. The molecule has 0 saturated heterocycles. The van der Waals surface area contributed by atoms with Crippen molar-refractivity contribution < 1.29 is 9.47 Å². The maximum atomic E-state index is 6.00. The van der Waals surface area contributed by atoms with Gasteiger partial charge < -0.3 is 20.1 Å². The number of halogens is 1. The van der Waals surface area contributed by atoms with Crippen LogP contribution in [0.4, 0.5) is 0 Å². The van der Waals surface area contributed by atoms with Gasteiger partial charge >= 0.3 is 0 Å². The van der Waals surface area contributed by atoms with Crippen molar-refractivity contribution in [3.63, 3.8) is 0 Å². The van der Waals surface area contributed by atoms with E-state index in [9.17, 15) is 0 Å². The first-order chi connectivity index (χ1) is 12.3. The summed E-state index contributed by atoms with van der Waals surface area (Å²) >= 11 is 0. The molecule has 1 aliphatic carbocycles. The highest BCUT2D eigenvalue weighted by Gasteiger charge is 2.24. The minimum absolute atomic E-state index is 0. The van der Waals surface area contributed by atoms with E-state index in [2.05, 4.69) is 30.6 Å². The molecule has 0 radical (unpaired) electrons. The summed E-state index contributed by atoms with van der Waals surface area (Å²) in [5, 5.41) is 6.81. The summed E-state index contributed by atoms with van der Waals surface area (Å²) in [4.78, 5) is 4.76. The van der Waals surface area contributed by atoms with Crippen LogP contribution in [-0.4, -0.2) is 51.5 Å². The summed E-state index contributed by atoms with van der Waals surface area (Å²) in [6.45, 7) is 9.29. The second kappa shape index (κ2) is 14.7. The normalized spacial score (nSPS) is 19.6. The van der Waals surface area contributed by atoms with Crippen LogP contribution in [0, 0.1) is 5.92 Å². The van der Waals surface area contributed by atoms with Crippen molar-refractivity contribution in [3.8, 4) is 0 Å². The lowest BCUT2D eigenvalue weighted by molar-refractivity contribution is 0.0177. The minimum atomic E-state index is 0. The molecule has 1 saturated carbocycles. The number of aliphatic imine (C=N–C) groups is 1. The first-order valence-electron chi connectivity index (χ1n) is 10.2. The van der Waals surface area contributed by atoms with Crippen molar-refractivity contribution in [2.45, 2.75) is 64.9 Å². The van der Waals surface area contributed by atoms with Gasteiger partial charge in [-0.05, 0) is 51.9 Å². The summed E-state index contributed by atoms with van der Waals surface area (Å²) in [5.74, 6) is 1.67. The van der Waals surface area contributed by atoms with E-state index in [0.29, 0.717) is 6.10 Å². The number of guanidine groups is 1. The van der Waals surface area contributed by atoms with E-state index in [1.165, 1.54) is 31.3 Å². The molecule has 6 heteroatoms. The van der Waals surface area contributed by atoms with E-state index in [0.717, 1.165) is 70.6 Å². The molecular weight excluding hydrogens is 441 g/mol. The van der Waals surface area contributed by atoms with Gasteiger partial charge in [0.2, 0.25) is 0 Å². The third kappa shape index (κ3) is 9.04. The Morgan fingerprint density at radius 1 is 1.31 bits per heavy atom. The molecule has 0 aromatic rings. The van der Waals surface area contributed by atoms with Crippen LogP contribution in [0.2, 0.25) is 0 Å². The second-order valence-corrected chi connectivity index (χ2v) is 6.95. The standard InChI is InChI=1S/C20H37N3O2.HI/c1-3-21-20(22-13-9-17-11-15-24-16-12-17)23-14-10-19(25-4-2)18-7-5-6-8-18;/h11,18-19H,3-10,12-16H2,1-2H3,(H2,21,22,23);1H. The van der Waals surface area contributed by atoms with Crippen LogP contribution in [0.3, 0.4) is 0 Å². The molecule has 1 atom stereocenters. The lowest BCUT2D eigenvalue weighted by Crippen LogP contribution is -2.38. The summed E-state index contributed by atoms with van der Waals surface area (Å²) in [6, 6.07) is 0. The average molecular weight is 479 g/mol. The third-order valence-corrected chi connectivity index (χ3v) is 5.13. The molecule has 1 fully saturated rings. The average Bonchev–Trinajstić information content (AvgIpc) is 3.16. The molecule has 0 spiro atoms.